The zero-order valence-corrected chi connectivity index (χ0v) is 15.8. The third kappa shape index (κ3) is 4.56. The van der Waals surface area contributed by atoms with Gasteiger partial charge in [0.05, 0.1) is 17.6 Å². The number of hydrogen-bond donors (Lipinski definition) is 1. The average Bonchev–Trinajstić information content (AvgIpc) is 2.66. The number of ether oxygens (including phenoxy) is 2. The van der Waals surface area contributed by atoms with Crippen LogP contribution in [0.15, 0.2) is 36.4 Å². The van der Waals surface area contributed by atoms with E-state index in [0.717, 1.165) is 18.2 Å². The molecule has 1 heterocycles. The lowest BCUT2D eigenvalue weighted by Gasteiger charge is -2.39. The Morgan fingerprint density at radius 2 is 1.83 bits per heavy atom. The van der Waals surface area contributed by atoms with Gasteiger partial charge in [-0.15, -0.1) is 13.2 Å². The van der Waals surface area contributed by atoms with Gasteiger partial charge in [-0.3, -0.25) is 10.1 Å². The highest BCUT2D eigenvalue weighted by atomic mass is 19.4. The van der Waals surface area contributed by atoms with Gasteiger partial charge in [0, 0.05) is 25.2 Å². The van der Waals surface area contributed by atoms with E-state index in [4.69, 9.17) is 4.74 Å². The predicted octanol–water partition coefficient (Wildman–Crippen LogP) is 4.13. The number of halogens is 4. The maximum atomic E-state index is 14.2. The SMILES string of the molecule is COc1cc(F)c([N+](=O)[O-])c(N2CCC(O)(c3cccc(OC(F)(F)F)c3)CC2)c1. The van der Waals surface area contributed by atoms with Crippen molar-refractivity contribution in [3.8, 4) is 11.5 Å². The van der Waals surface area contributed by atoms with Gasteiger partial charge in [-0.1, -0.05) is 12.1 Å². The molecule has 0 aliphatic carbocycles. The summed E-state index contributed by atoms with van der Waals surface area (Å²) in [5.41, 5.74) is -1.93. The number of anilines is 1. The maximum Gasteiger partial charge on any atom is 0.573 e. The van der Waals surface area contributed by atoms with Crippen molar-refractivity contribution in [1.29, 1.82) is 0 Å². The summed E-state index contributed by atoms with van der Waals surface area (Å²) in [6, 6.07) is 7.29. The lowest BCUT2D eigenvalue weighted by molar-refractivity contribution is -0.386. The Balaban J connectivity index is 1.84. The van der Waals surface area contributed by atoms with Gasteiger partial charge in [0.25, 0.3) is 0 Å². The zero-order valence-electron chi connectivity index (χ0n) is 15.8. The van der Waals surface area contributed by atoms with Crippen LogP contribution < -0.4 is 14.4 Å². The molecule has 0 saturated carbocycles. The fraction of sp³-hybridized carbons (Fsp3) is 0.368. The molecule has 0 spiro atoms. The molecule has 162 valence electrons. The molecule has 3 rings (SSSR count). The number of hydrogen-bond acceptors (Lipinski definition) is 6. The number of nitro groups is 1. The first-order chi connectivity index (χ1) is 14.0. The minimum Gasteiger partial charge on any atom is -0.497 e. The van der Waals surface area contributed by atoms with Crippen LogP contribution in [-0.2, 0) is 5.60 Å². The Kier molecular flexibility index (Phi) is 5.75. The van der Waals surface area contributed by atoms with Crippen molar-refractivity contribution in [2.24, 2.45) is 0 Å². The van der Waals surface area contributed by atoms with Crippen LogP contribution in [0.25, 0.3) is 0 Å². The van der Waals surface area contributed by atoms with E-state index in [-0.39, 0.29) is 42.9 Å². The molecule has 11 heteroatoms. The number of alkyl halides is 3. The molecule has 2 aromatic rings. The van der Waals surface area contributed by atoms with Crippen LogP contribution in [0.1, 0.15) is 18.4 Å². The molecule has 1 fully saturated rings. The average molecular weight is 430 g/mol. The van der Waals surface area contributed by atoms with Gasteiger partial charge < -0.3 is 19.5 Å². The summed E-state index contributed by atoms with van der Waals surface area (Å²) in [6.45, 7) is 0.211. The Labute approximate surface area is 168 Å². The summed E-state index contributed by atoms with van der Waals surface area (Å²) in [6.07, 6.45) is -4.75. The fourth-order valence-electron chi connectivity index (χ4n) is 3.49. The van der Waals surface area contributed by atoms with Crippen molar-refractivity contribution in [3.05, 3.63) is 57.9 Å². The van der Waals surface area contributed by atoms with E-state index in [1.54, 1.807) is 0 Å². The topological polar surface area (TPSA) is 85.1 Å². The van der Waals surface area contributed by atoms with Crippen molar-refractivity contribution < 1.29 is 37.1 Å². The van der Waals surface area contributed by atoms with Crippen molar-refractivity contribution in [1.82, 2.24) is 0 Å². The van der Waals surface area contributed by atoms with Gasteiger partial charge >= 0.3 is 12.0 Å². The van der Waals surface area contributed by atoms with E-state index < -0.39 is 34.1 Å². The molecule has 1 aliphatic heterocycles. The summed E-state index contributed by atoms with van der Waals surface area (Å²) in [7, 11) is 1.30. The van der Waals surface area contributed by atoms with E-state index >= 15 is 0 Å². The van der Waals surface area contributed by atoms with Crippen LogP contribution >= 0.6 is 0 Å². The Morgan fingerprint density at radius 3 is 2.40 bits per heavy atom. The summed E-state index contributed by atoms with van der Waals surface area (Å²) < 4.78 is 60.5. The van der Waals surface area contributed by atoms with E-state index in [9.17, 15) is 32.8 Å². The van der Waals surface area contributed by atoms with Gasteiger partial charge in [0.2, 0.25) is 5.82 Å². The van der Waals surface area contributed by atoms with Crippen LogP contribution in [0.3, 0.4) is 0 Å². The molecule has 7 nitrogen and oxygen atoms in total. The fourth-order valence-corrected chi connectivity index (χ4v) is 3.49. The highest BCUT2D eigenvalue weighted by Gasteiger charge is 2.38. The van der Waals surface area contributed by atoms with Crippen LogP contribution in [0, 0.1) is 15.9 Å². The largest absolute Gasteiger partial charge is 0.573 e. The van der Waals surface area contributed by atoms with Crippen molar-refractivity contribution in [2.45, 2.75) is 24.8 Å². The van der Waals surface area contributed by atoms with E-state index in [1.165, 1.54) is 30.2 Å². The van der Waals surface area contributed by atoms with Crippen LogP contribution in [0.5, 0.6) is 11.5 Å². The highest BCUT2D eigenvalue weighted by Crippen LogP contribution is 2.40. The number of rotatable bonds is 5. The first-order valence-electron chi connectivity index (χ1n) is 8.88. The molecule has 1 aliphatic rings. The Bertz CT molecular complexity index is 943. The van der Waals surface area contributed by atoms with E-state index in [2.05, 4.69) is 4.74 Å². The molecule has 0 bridgehead atoms. The summed E-state index contributed by atoms with van der Waals surface area (Å²) in [5, 5.41) is 22.3. The standard InChI is InChI=1S/C19H18F4N2O5/c1-29-14-10-15(20)17(25(27)28)16(11-14)24-7-5-18(26,6-8-24)12-3-2-4-13(9-12)30-19(21,22)23/h2-4,9-11,26H,5-8H2,1H3. The van der Waals surface area contributed by atoms with Crippen molar-refractivity contribution >= 4 is 11.4 Å². The van der Waals surface area contributed by atoms with Crippen molar-refractivity contribution in [3.63, 3.8) is 0 Å². The number of piperidine rings is 1. The van der Waals surface area contributed by atoms with Gasteiger partial charge in [-0.25, -0.2) is 0 Å². The molecular formula is C19H18F4N2O5. The summed E-state index contributed by atoms with van der Waals surface area (Å²) in [4.78, 5) is 12.0. The zero-order chi connectivity index (χ0) is 22.1. The highest BCUT2D eigenvalue weighted by molar-refractivity contribution is 5.67. The Hall–Kier alpha value is -3.08. The van der Waals surface area contributed by atoms with Gasteiger partial charge in [0.1, 0.15) is 17.2 Å². The van der Waals surface area contributed by atoms with Crippen molar-refractivity contribution in [2.75, 3.05) is 25.1 Å². The third-order valence-electron chi connectivity index (χ3n) is 4.97. The second-order valence-electron chi connectivity index (χ2n) is 6.83. The summed E-state index contributed by atoms with van der Waals surface area (Å²) in [5.74, 6) is -1.40. The number of nitrogens with zero attached hydrogens (tertiary/aromatic N) is 2. The monoisotopic (exact) mass is 430 g/mol. The van der Waals surface area contributed by atoms with Crippen LogP contribution in [-0.4, -0.2) is 36.6 Å². The van der Waals surface area contributed by atoms with Gasteiger partial charge in [0.15, 0.2) is 0 Å². The molecular weight excluding hydrogens is 412 g/mol. The Morgan fingerprint density at radius 1 is 1.17 bits per heavy atom. The molecule has 0 amide bonds. The number of benzene rings is 2. The molecule has 30 heavy (non-hydrogen) atoms. The predicted molar refractivity (Wildman–Crippen MR) is 98.1 cm³/mol. The van der Waals surface area contributed by atoms with Crippen LogP contribution in [0.4, 0.5) is 28.9 Å². The first-order valence-corrected chi connectivity index (χ1v) is 8.88. The van der Waals surface area contributed by atoms with Crippen LogP contribution in [0.2, 0.25) is 0 Å². The quantitative estimate of drug-likeness (QED) is 0.436. The molecule has 0 atom stereocenters. The van der Waals surface area contributed by atoms with Gasteiger partial charge in [-0.2, -0.15) is 4.39 Å². The minimum absolute atomic E-state index is 0.00746. The lowest BCUT2D eigenvalue weighted by Crippen LogP contribution is -2.43. The second-order valence-corrected chi connectivity index (χ2v) is 6.83. The molecule has 1 N–H and O–H groups in total. The molecule has 0 unspecified atom stereocenters. The van der Waals surface area contributed by atoms with Gasteiger partial charge in [-0.05, 0) is 30.5 Å². The number of nitro benzene ring substituents is 1. The lowest BCUT2D eigenvalue weighted by atomic mass is 9.84. The number of aliphatic hydroxyl groups is 1. The molecule has 2 aromatic carbocycles. The minimum atomic E-state index is -4.86. The first kappa shape index (κ1) is 21.6. The summed E-state index contributed by atoms with van der Waals surface area (Å²) >= 11 is 0. The maximum absolute atomic E-state index is 14.2. The second kappa shape index (κ2) is 7.98. The molecule has 1 saturated heterocycles. The molecule has 0 radical (unpaired) electrons. The normalized spacial score (nSPS) is 16.3. The van der Waals surface area contributed by atoms with E-state index in [1.807, 2.05) is 0 Å². The third-order valence-corrected chi connectivity index (χ3v) is 4.97. The number of methoxy groups -OCH3 is 1. The molecule has 0 aromatic heterocycles. The smallest absolute Gasteiger partial charge is 0.497 e. The van der Waals surface area contributed by atoms with E-state index in [0.29, 0.717) is 0 Å².